The lowest BCUT2D eigenvalue weighted by Gasteiger charge is -2.30. The Morgan fingerprint density at radius 2 is 1.66 bits per heavy atom. The summed E-state index contributed by atoms with van der Waals surface area (Å²) in [7, 11) is 0. The smallest absolute Gasteiger partial charge is 0.314 e. The molecule has 1 fully saturated rings. The van der Waals surface area contributed by atoms with Gasteiger partial charge in [-0.1, -0.05) is 67.4 Å². The molecule has 0 saturated heterocycles. The van der Waals surface area contributed by atoms with Crippen molar-refractivity contribution in [3.63, 3.8) is 0 Å². The topological polar surface area (TPSA) is 55.8 Å². The van der Waals surface area contributed by atoms with E-state index in [4.69, 9.17) is 9.47 Å². The summed E-state index contributed by atoms with van der Waals surface area (Å²) in [6.45, 7) is 0.425. The lowest BCUT2D eigenvalue weighted by molar-refractivity contribution is -0.138. The first-order valence-corrected chi connectivity index (χ1v) is 11.5. The summed E-state index contributed by atoms with van der Waals surface area (Å²) >= 11 is 0. The number of carbonyl (C=O) groups is 1. The molecule has 0 bridgehead atoms. The van der Waals surface area contributed by atoms with E-state index in [1.165, 1.54) is 16.7 Å². The maximum atomic E-state index is 12.3. The van der Waals surface area contributed by atoms with Crippen molar-refractivity contribution in [2.75, 3.05) is 6.61 Å². The number of ether oxygens (including phenoxy) is 2. The second kappa shape index (κ2) is 9.17. The molecule has 32 heavy (non-hydrogen) atoms. The first kappa shape index (κ1) is 20.8. The number of hydrogen-bond donors (Lipinski definition) is 1. The molecule has 0 amide bonds. The molecule has 3 aromatic rings. The Morgan fingerprint density at radius 3 is 2.41 bits per heavy atom. The normalized spacial score (nSPS) is 20.4. The molecule has 0 spiro atoms. The first-order chi connectivity index (χ1) is 15.7. The van der Waals surface area contributed by atoms with E-state index in [2.05, 4.69) is 36.4 Å². The van der Waals surface area contributed by atoms with Crippen LogP contribution in [0.5, 0.6) is 11.5 Å². The largest absolute Gasteiger partial charge is 0.493 e. The van der Waals surface area contributed by atoms with Crippen molar-refractivity contribution in [1.29, 1.82) is 0 Å². The highest BCUT2D eigenvalue weighted by atomic mass is 16.5. The van der Waals surface area contributed by atoms with Crippen molar-refractivity contribution in [3.05, 3.63) is 83.9 Å². The predicted octanol–water partition coefficient (Wildman–Crippen LogP) is 5.73. The lowest BCUT2D eigenvalue weighted by Crippen LogP contribution is -2.27. The van der Waals surface area contributed by atoms with Gasteiger partial charge in [-0.3, -0.25) is 4.79 Å². The molecular weight excluding hydrogens is 400 g/mol. The Bertz CT molecular complexity index is 1070. The van der Waals surface area contributed by atoms with Crippen LogP contribution < -0.4 is 9.47 Å². The lowest BCUT2D eigenvalue weighted by atomic mass is 9.88. The average Bonchev–Trinajstić information content (AvgIpc) is 3.37. The van der Waals surface area contributed by atoms with Gasteiger partial charge in [-0.05, 0) is 48.1 Å². The van der Waals surface area contributed by atoms with Gasteiger partial charge in [0.15, 0.2) is 0 Å². The molecule has 2 unspecified atom stereocenters. The highest BCUT2D eigenvalue weighted by molar-refractivity contribution is 5.75. The van der Waals surface area contributed by atoms with E-state index in [1.54, 1.807) is 12.1 Å². The van der Waals surface area contributed by atoms with Crippen molar-refractivity contribution in [2.24, 2.45) is 11.8 Å². The van der Waals surface area contributed by atoms with Crippen LogP contribution in [0.4, 0.5) is 0 Å². The molecule has 1 aliphatic carbocycles. The predicted molar refractivity (Wildman–Crippen MR) is 124 cm³/mol. The van der Waals surface area contributed by atoms with Crippen LogP contribution in [0.2, 0.25) is 0 Å². The molecule has 3 aromatic carbocycles. The molecule has 4 nitrogen and oxygen atoms in total. The van der Waals surface area contributed by atoms with Gasteiger partial charge in [-0.2, -0.15) is 0 Å². The molecule has 1 N–H and O–H groups in total. The van der Waals surface area contributed by atoms with E-state index in [0.717, 1.165) is 37.7 Å². The first-order valence-electron chi connectivity index (χ1n) is 11.5. The molecular formula is C28H28O4. The molecule has 1 aliphatic heterocycles. The zero-order valence-electron chi connectivity index (χ0n) is 18.1. The van der Waals surface area contributed by atoms with Crippen molar-refractivity contribution < 1.29 is 19.4 Å². The van der Waals surface area contributed by atoms with Gasteiger partial charge in [0.05, 0.1) is 18.6 Å². The Balaban J connectivity index is 1.24. The number of carbonyl (C=O) groups excluding carboxylic acids is 1. The van der Waals surface area contributed by atoms with Crippen molar-refractivity contribution in [2.45, 2.75) is 38.2 Å². The number of rotatable bonds is 5. The third-order valence-corrected chi connectivity index (χ3v) is 6.67. The molecule has 0 aromatic heterocycles. The number of aliphatic hydroxyl groups excluding tert-OH is 1. The fourth-order valence-corrected chi connectivity index (χ4v) is 4.79. The van der Waals surface area contributed by atoms with Gasteiger partial charge in [0.2, 0.25) is 0 Å². The fraction of sp³-hybridized carbons (Fsp3) is 0.321. The molecule has 2 aliphatic rings. The van der Waals surface area contributed by atoms with Crippen LogP contribution in [0.3, 0.4) is 0 Å². The zero-order valence-corrected chi connectivity index (χ0v) is 18.1. The summed E-state index contributed by atoms with van der Waals surface area (Å²) in [6.07, 6.45) is 4.12. The second-order valence-electron chi connectivity index (χ2n) is 8.89. The molecule has 5 rings (SSSR count). The summed E-state index contributed by atoms with van der Waals surface area (Å²) in [4.78, 5) is 12.3. The minimum Gasteiger partial charge on any atom is -0.493 e. The van der Waals surface area contributed by atoms with Gasteiger partial charge in [0, 0.05) is 17.5 Å². The summed E-state index contributed by atoms with van der Waals surface area (Å²) in [5, 5.41) is 11.0. The van der Waals surface area contributed by atoms with Crippen LogP contribution in [0.1, 0.15) is 42.9 Å². The van der Waals surface area contributed by atoms with Crippen LogP contribution in [-0.2, 0) is 11.2 Å². The van der Waals surface area contributed by atoms with Crippen LogP contribution >= 0.6 is 0 Å². The standard InChI is InChI=1S/C28H28O4/c29-27-23(16-19-10-12-21(13-11-19)20-6-2-1-3-7-20)18-31-26-17-24(14-15-25(26)27)32-28(30)22-8-4-5-9-22/h1-3,6-7,10-15,17,22-23,27,29H,4-5,8-9,16,18H2. The third kappa shape index (κ3) is 4.42. The molecule has 1 saturated carbocycles. The van der Waals surface area contributed by atoms with Gasteiger partial charge >= 0.3 is 5.97 Å². The summed E-state index contributed by atoms with van der Waals surface area (Å²) in [6, 6.07) is 24.1. The van der Waals surface area contributed by atoms with E-state index in [0.29, 0.717) is 18.1 Å². The van der Waals surface area contributed by atoms with Crippen LogP contribution in [-0.4, -0.2) is 17.7 Å². The zero-order chi connectivity index (χ0) is 21.9. The second-order valence-corrected chi connectivity index (χ2v) is 8.89. The Kier molecular flexibility index (Phi) is 5.95. The summed E-state index contributed by atoms with van der Waals surface area (Å²) in [5.41, 5.74) is 4.30. The van der Waals surface area contributed by atoms with E-state index in [-0.39, 0.29) is 17.8 Å². The van der Waals surface area contributed by atoms with Gasteiger partial charge in [-0.15, -0.1) is 0 Å². The van der Waals surface area contributed by atoms with Crippen molar-refractivity contribution in [3.8, 4) is 22.6 Å². The monoisotopic (exact) mass is 428 g/mol. The number of esters is 1. The maximum absolute atomic E-state index is 12.3. The van der Waals surface area contributed by atoms with E-state index in [1.807, 2.05) is 24.3 Å². The van der Waals surface area contributed by atoms with E-state index < -0.39 is 6.10 Å². The fourth-order valence-electron chi connectivity index (χ4n) is 4.79. The van der Waals surface area contributed by atoms with E-state index >= 15 is 0 Å². The number of fused-ring (bicyclic) bond motifs is 1. The van der Waals surface area contributed by atoms with Crippen LogP contribution in [0.15, 0.2) is 72.8 Å². The molecule has 4 heteroatoms. The number of hydrogen-bond acceptors (Lipinski definition) is 4. The van der Waals surface area contributed by atoms with Gasteiger partial charge in [0.25, 0.3) is 0 Å². The Labute approximate surface area is 188 Å². The van der Waals surface area contributed by atoms with Gasteiger partial charge in [0.1, 0.15) is 11.5 Å². The van der Waals surface area contributed by atoms with Crippen LogP contribution in [0.25, 0.3) is 11.1 Å². The molecule has 164 valence electrons. The van der Waals surface area contributed by atoms with Crippen molar-refractivity contribution >= 4 is 5.97 Å². The van der Waals surface area contributed by atoms with Crippen LogP contribution in [0, 0.1) is 11.8 Å². The maximum Gasteiger partial charge on any atom is 0.314 e. The Morgan fingerprint density at radius 1 is 0.938 bits per heavy atom. The summed E-state index contributed by atoms with van der Waals surface area (Å²) < 4.78 is 11.5. The minimum absolute atomic E-state index is 0.00945. The van der Waals surface area contributed by atoms with Gasteiger partial charge < -0.3 is 14.6 Å². The number of aliphatic hydroxyl groups is 1. The molecule has 2 atom stereocenters. The molecule has 0 radical (unpaired) electrons. The quantitative estimate of drug-likeness (QED) is 0.416. The SMILES string of the molecule is O=C(Oc1ccc2c(c1)OCC(Cc1ccc(-c3ccccc3)cc1)C2O)C1CCCC1. The highest BCUT2D eigenvalue weighted by Crippen LogP contribution is 2.39. The Hall–Kier alpha value is -3.11. The highest BCUT2D eigenvalue weighted by Gasteiger charge is 2.30. The molecule has 1 heterocycles. The number of benzene rings is 3. The minimum atomic E-state index is -0.618. The third-order valence-electron chi connectivity index (χ3n) is 6.67. The summed E-state index contributed by atoms with van der Waals surface area (Å²) in [5.74, 6) is 0.912. The average molecular weight is 429 g/mol. The van der Waals surface area contributed by atoms with Gasteiger partial charge in [-0.25, -0.2) is 0 Å². The van der Waals surface area contributed by atoms with E-state index in [9.17, 15) is 9.90 Å². The van der Waals surface area contributed by atoms with Crippen molar-refractivity contribution in [1.82, 2.24) is 0 Å².